The summed E-state index contributed by atoms with van der Waals surface area (Å²) in [5.41, 5.74) is 1.70. The molecule has 1 aliphatic heterocycles. The van der Waals surface area contributed by atoms with Gasteiger partial charge in [0.1, 0.15) is 0 Å². The molecule has 1 aromatic heterocycles. The first-order chi connectivity index (χ1) is 9.67. The third-order valence-corrected chi connectivity index (χ3v) is 5.28. The van der Waals surface area contributed by atoms with E-state index < -0.39 is 9.84 Å². The van der Waals surface area contributed by atoms with Crippen LogP contribution in [0.15, 0.2) is 47.5 Å². The zero-order valence-electron chi connectivity index (χ0n) is 10.9. The molecule has 0 fully saturated rings. The Hall–Kier alpha value is -1.79. The van der Waals surface area contributed by atoms with Crippen molar-refractivity contribution in [3.63, 3.8) is 0 Å². The van der Waals surface area contributed by atoms with Crippen LogP contribution in [0.3, 0.4) is 0 Å². The highest BCUT2D eigenvalue weighted by Gasteiger charge is 2.29. The van der Waals surface area contributed by atoms with Gasteiger partial charge in [0.15, 0.2) is 9.84 Å². The highest BCUT2D eigenvalue weighted by molar-refractivity contribution is 7.91. The lowest BCUT2D eigenvalue weighted by Crippen LogP contribution is -2.29. The first-order valence-corrected chi connectivity index (χ1v) is 8.14. The summed E-state index contributed by atoms with van der Waals surface area (Å²) in [5.74, 6) is 0.183. The van der Waals surface area contributed by atoms with E-state index in [2.05, 4.69) is 15.5 Å². The summed E-state index contributed by atoms with van der Waals surface area (Å²) in [5, 5.41) is 11.2. The van der Waals surface area contributed by atoms with Crippen molar-refractivity contribution in [2.24, 2.45) is 0 Å². The lowest BCUT2D eigenvalue weighted by atomic mass is 10.0. The maximum atomic E-state index is 12.0. The summed E-state index contributed by atoms with van der Waals surface area (Å²) in [6.45, 7) is 0.576. The molecule has 104 valence electrons. The van der Waals surface area contributed by atoms with E-state index in [4.69, 9.17) is 0 Å². The first-order valence-electron chi connectivity index (χ1n) is 6.48. The van der Waals surface area contributed by atoms with E-state index in [1.54, 1.807) is 18.3 Å². The van der Waals surface area contributed by atoms with Crippen molar-refractivity contribution in [3.8, 4) is 0 Å². The van der Waals surface area contributed by atoms with Crippen LogP contribution in [0.2, 0.25) is 0 Å². The minimum absolute atomic E-state index is 0.0386. The molecular weight excluding hydrogens is 274 g/mol. The lowest BCUT2D eigenvalue weighted by Gasteiger charge is -2.26. The van der Waals surface area contributed by atoms with Gasteiger partial charge < -0.3 is 5.32 Å². The van der Waals surface area contributed by atoms with Crippen molar-refractivity contribution < 1.29 is 8.42 Å². The normalized spacial score (nSPS) is 20.3. The minimum Gasteiger partial charge on any atom is -0.304 e. The second-order valence-corrected chi connectivity index (χ2v) is 6.87. The monoisotopic (exact) mass is 289 g/mol. The Morgan fingerprint density at radius 1 is 1.20 bits per heavy atom. The molecule has 1 N–H and O–H groups in total. The minimum atomic E-state index is -3.13. The molecule has 1 aromatic carbocycles. The van der Waals surface area contributed by atoms with Gasteiger partial charge in [0, 0.05) is 18.8 Å². The van der Waals surface area contributed by atoms with Gasteiger partial charge in [-0.05, 0) is 30.2 Å². The van der Waals surface area contributed by atoms with E-state index >= 15 is 0 Å². The first kappa shape index (κ1) is 13.2. The van der Waals surface area contributed by atoms with Gasteiger partial charge in [0.25, 0.3) is 0 Å². The summed E-state index contributed by atoms with van der Waals surface area (Å²) < 4.78 is 24.1. The molecule has 0 spiro atoms. The molecule has 0 amide bonds. The standard InChI is InChI=1S/C14H15N3O2S/c18-20(19)9-7-13(12-5-1-2-6-14(12)20)15-10-11-4-3-8-16-17-11/h1-6,8,13,15H,7,9-10H2. The molecule has 0 bridgehead atoms. The van der Waals surface area contributed by atoms with Gasteiger partial charge in [-0.3, -0.25) is 0 Å². The number of hydrogen-bond acceptors (Lipinski definition) is 5. The largest absolute Gasteiger partial charge is 0.304 e. The Morgan fingerprint density at radius 2 is 2.05 bits per heavy atom. The Balaban J connectivity index is 1.82. The summed E-state index contributed by atoms with van der Waals surface area (Å²) in [7, 11) is -3.13. The molecule has 1 atom stereocenters. The van der Waals surface area contributed by atoms with Gasteiger partial charge in [-0.15, -0.1) is 0 Å². The van der Waals surface area contributed by atoms with E-state index in [9.17, 15) is 8.42 Å². The number of aromatic nitrogens is 2. The Bertz CT molecular complexity index is 701. The van der Waals surface area contributed by atoms with Crippen molar-refractivity contribution in [1.29, 1.82) is 0 Å². The highest BCUT2D eigenvalue weighted by Crippen LogP contribution is 2.31. The van der Waals surface area contributed by atoms with Crippen molar-refractivity contribution in [2.75, 3.05) is 5.75 Å². The fraction of sp³-hybridized carbons (Fsp3) is 0.286. The van der Waals surface area contributed by atoms with Gasteiger partial charge in [-0.25, -0.2) is 8.42 Å². The Kier molecular flexibility index (Phi) is 3.50. The Morgan fingerprint density at radius 3 is 2.85 bits per heavy atom. The quantitative estimate of drug-likeness (QED) is 0.926. The van der Waals surface area contributed by atoms with Crippen LogP contribution in [0.5, 0.6) is 0 Å². The summed E-state index contributed by atoms with van der Waals surface area (Å²) in [4.78, 5) is 0.447. The number of fused-ring (bicyclic) bond motifs is 1. The molecule has 1 aliphatic rings. The van der Waals surface area contributed by atoms with Gasteiger partial charge in [-0.1, -0.05) is 18.2 Å². The second kappa shape index (κ2) is 5.30. The maximum Gasteiger partial charge on any atom is 0.178 e. The molecular formula is C14H15N3O2S. The van der Waals surface area contributed by atoms with E-state index in [1.165, 1.54) is 0 Å². The van der Waals surface area contributed by atoms with Crippen LogP contribution >= 0.6 is 0 Å². The molecule has 2 aromatic rings. The predicted molar refractivity (Wildman–Crippen MR) is 74.7 cm³/mol. The van der Waals surface area contributed by atoms with Crippen molar-refractivity contribution in [3.05, 3.63) is 53.9 Å². The number of hydrogen-bond donors (Lipinski definition) is 1. The van der Waals surface area contributed by atoms with Crippen molar-refractivity contribution >= 4 is 9.84 Å². The van der Waals surface area contributed by atoms with Gasteiger partial charge in [-0.2, -0.15) is 10.2 Å². The SMILES string of the molecule is O=S1(=O)CCC(NCc2cccnn2)c2ccccc21. The van der Waals surface area contributed by atoms with Crippen molar-refractivity contribution in [1.82, 2.24) is 15.5 Å². The number of sulfone groups is 1. The fourth-order valence-corrected chi connectivity index (χ4v) is 4.08. The molecule has 0 radical (unpaired) electrons. The summed E-state index contributed by atoms with van der Waals surface area (Å²) in [6.07, 6.45) is 2.21. The Labute approximate surface area is 118 Å². The maximum absolute atomic E-state index is 12.0. The third kappa shape index (κ3) is 2.57. The topological polar surface area (TPSA) is 72.0 Å². The van der Waals surface area contributed by atoms with Crippen LogP contribution in [0.4, 0.5) is 0 Å². The fourth-order valence-electron chi connectivity index (χ4n) is 2.46. The highest BCUT2D eigenvalue weighted by atomic mass is 32.2. The van der Waals surface area contributed by atoms with Crippen LogP contribution in [0.1, 0.15) is 23.7 Å². The van der Waals surface area contributed by atoms with E-state index in [1.807, 2.05) is 24.3 Å². The van der Waals surface area contributed by atoms with Crippen LogP contribution < -0.4 is 5.32 Å². The number of nitrogens with one attached hydrogen (secondary N) is 1. The molecule has 0 aliphatic carbocycles. The summed E-state index contributed by atoms with van der Waals surface area (Å²) in [6, 6.07) is 11.0. The van der Waals surface area contributed by atoms with Gasteiger partial charge >= 0.3 is 0 Å². The molecule has 1 unspecified atom stereocenters. The predicted octanol–water partition coefficient (Wildman–Crippen LogP) is 1.48. The smallest absolute Gasteiger partial charge is 0.178 e. The zero-order valence-corrected chi connectivity index (χ0v) is 11.7. The molecule has 20 heavy (non-hydrogen) atoms. The van der Waals surface area contributed by atoms with Crippen LogP contribution in [-0.2, 0) is 16.4 Å². The van der Waals surface area contributed by atoms with Gasteiger partial charge in [0.05, 0.1) is 16.3 Å². The summed E-state index contributed by atoms with van der Waals surface area (Å²) >= 11 is 0. The average Bonchev–Trinajstić information content (AvgIpc) is 2.48. The third-order valence-electron chi connectivity index (χ3n) is 3.46. The average molecular weight is 289 g/mol. The molecule has 5 nitrogen and oxygen atoms in total. The van der Waals surface area contributed by atoms with E-state index in [0.717, 1.165) is 11.3 Å². The van der Waals surface area contributed by atoms with Crippen LogP contribution in [0, 0.1) is 0 Å². The van der Waals surface area contributed by atoms with Crippen LogP contribution in [-0.4, -0.2) is 24.4 Å². The molecule has 0 saturated heterocycles. The molecule has 0 saturated carbocycles. The number of nitrogens with zero attached hydrogens (tertiary/aromatic N) is 2. The number of benzene rings is 1. The second-order valence-electron chi connectivity index (χ2n) is 4.79. The van der Waals surface area contributed by atoms with Gasteiger partial charge in [0.2, 0.25) is 0 Å². The molecule has 3 rings (SSSR count). The molecule has 2 heterocycles. The van der Waals surface area contributed by atoms with E-state index in [-0.39, 0.29) is 11.8 Å². The molecule has 6 heteroatoms. The number of rotatable bonds is 3. The zero-order chi connectivity index (χ0) is 14.0. The lowest BCUT2D eigenvalue weighted by molar-refractivity contribution is 0.487. The van der Waals surface area contributed by atoms with Crippen LogP contribution in [0.25, 0.3) is 0 Å². The van der Waals surface area contributed by atoms with Crippen molar-refractivity contribution in [2.45, 2.75) is 23.9 Å². The van der Waals surface area contributed by atoms with E-state index in [0.29, 0.717) is 17.9 Å².